The number of aromatic nitrogens is 3. The quantitative estimate of drug-likeness (QED) is 0.292. The number of morpholine rings is 1. The summed E-state index contributed by atoms with van der Waals surface area (Å²) in [6, 6.07) is 25.4. The van der Waals surface area contributed by atoms with Crippen molar-refractivity contribution in [3.63, 3.8) is 0 Å². The van der Waals surface area contributed by atoms with E-state index in [0.717, 1.165) is 43.4 Å². The molecule has 33 heavy (non-hydrogen) atoms. The summed E-state index contributed by atoms with van der Waals surface area (Å²) in [6.45, 7) is 3.32. The largest absolute Gasteiger partial charge is 0.457 e. The van der Waals surface area contributed by atoms with Crippen molar-refractivity contribution in [1.29, 1.82) is 0 Å². The fourth-order valence-corrected chi connectivity index (χ4v) is 3.65. The Morgan fingerprint density at radius 2 is 1.61 bits per heavy atom. The van der Waals surface area contributed by atoms with Gasteiger partial charge in [-0.2, -0.15) is 9.67 Å². The number of nitrogens with two attached hydrogens (primary N) is 1. The number of rotatable bonds is 7. The van der Waals surface area contributed by atoms with E-state index in [-0.39, 0.29) is 0 Å². The molecule has 0 aliphatic carbocycles. The van der Waals surface area contributed by atoms with Crippen LogP contribution in [0.15, 0.2) is 78.9 Å². The normalized spacial score (nSPS) is 13.5. The van der Waals surface area contributed by atoms with Crippen LogP contribution < -0.4 is 26.2 Å². The van der Waals surface area contributed by atoms with Crippen LogP contribution >= 0.6 is 0 Å². The van der Waals surface area contributed by atoms with Crippen molar-refractivity contribution in [2.45, 2.75) is 0 Å². The maximum absolute atomic E-state index is 5.94. The van der Waals surface area contributed by atoms with Gasteiger partial charge >= 0.3 is 0 Å². The van der Waals surface area contributed by atoms with Gasteiger partial charge in [0.25, 0.3) is 0 Å². The number of hydrazine groups is 1. The van der Waals surface area contributed by atoms with Crippen molar-refractivity contribution in [3.8, 4) is 17.2 Å². The second-order valence-corrected chi connectivity index (χ2v) is 7.50. The third-order valence-corrected chi connectivity index (χ3v) is 5.28. The third-order valence-electron chi connectivity index (χ3n) is 5.28. The van der Waals surface area contributed by atoms with E-state index in [0.29, 0.717) is 17.6 Å². The first-order chi connectivity index (χ1) is 16.3. The number of hydrogen-bond donors (Lipinski definition) is 3. The smallest absolute Gasteiger partial charge is 0.248 e. The van der Waals surface area contributed by atoms with Crippen LogP contribution in [-0.2, 0) is 4.74 Å². The fraction of sp³-hybridized carbons (Fsp3) is 0.167. The average Bonchev–Trinajstić information content (AvgIpc) is 3.29. The Bertz CT molecular complexity index is 1190. The lowest BCUT2D eigenvalue weighted by Crippen LogP contribution is -2.36. The Morgan fingerprint density at radius 3 is 2.36 bits per heavy atom. The summed E-state index contributed by atoms with van der Waals surface area (Å²) >= 11 is 0. The zero-order valence-corrected chi connectivity index (χ0v) is 18.0. The lowest BCUT2D eigenvalue weighted by Gasteiger charge is -2.28. The molecule has 4 aromatic rings. The standard InChI is InChI=1S/C24H25N7O2/c25-28-24-27-23(26-18-9-11-19(12-10-18)30-13-15-32-16-14-30)29-31(24)20-5-4-8-22(17-20)33-21-6-2-1-3-7-21/h1-12,17H,13-16,25H2,(H2,26,27,28,29). The van der Waals surface area contributed by atoms with Crippen LogP contribution in [0.4, 0.5) is 23.3 Å². The van der Waals surface area contributed by atoms with Crippen LogP contribution in [0, 0.1) is 0 Å². The number of nitrogens with zero attached hydrogens (tertiary/aromatic N) is 4. The van der Waals surface area contributed by atoms with Gasteiger partial charge in [-0.3, -0.25) is 5.43 Å². The second-order valence-electron chi connectivity index (χ2n) is 7.50. The molecular formula is C24H25N7O2. The Morgan fingerprint density at radius 1 is 0.848 bits per heavy atom. The molecule has 0 amide bonds. The first-order valence-corrected chi connectivity index (χ1v) is 10.8. The highest BCUT2D eigenvalue weighted by atomic mass is 16.5. The Balaban J connectivity index is 1.33. The van der Waals surface area contributed by atoms with E-state index in [1.807, 2.05) is 66.7 Å². The van der Waals surface area contributed by atoms with Crippen LogP contribution in [0.3, 0.4) is 0 Å². The molecule has 2 heterocycles. The average molecular weight is 444 g/mol. The van der Waals surface area contributed by atoms with Gasteiger partial charge in [0.1, 0.15) is 11.5 Å². The van der Waals surface area contributed by atoms with Crippen LogP contribution in [0.5, 0.6) is 11.5 Å². The van der Waals surface area contributed by atoms with Gasteiger partial charge in [-0.1, -0.05) is 24.3 Å². The number of benzene rings is 3. The molecule has 0 saturated carbocycles. The number of ether oxygens (including phenoxy) is 2. The van der Waals surface area contributed by atoms with E-state index in [9.17, 15) is 0 Å². The van der Waals surface area contributed by atoms with Gasteiger partial charge in [0, 0.05) is 30.5 Å². The molecule has 1 aliphatic heterocycles. The molecule has 0 spiro atoms. The summed E-state index contributed by atoms with van der Waals surface area (Å²) < 4.78 is 13.0. The van der Waals surface area contributed by atoms with Crippen molar-refractivity contribution < 1.29 is 9.47 Å². The maximum Gasteiger partial charge on any atom is 0.248 e. The van der Waals surface area contributed by atoms with Crippen molar-refractivity contribution in [1.82, 2.24) is 14.8 Å². The van der Waals surface area contributed by atoms with E-state index >= 15 is 0 Å². The van der Waals surface area contributed by atoms with Crippen LogP contribution in [-0.4, -0.2) is 41.1 Å². The third kappa shape index (κ3) is 4.89. The number of hydrogen-bond acceptors (Lipinski definition) is 8. The zero-order valence-electron chi connectivity index (χ0n) is 18.0. The molecule has 1 aromatic heterocycles. The molecule has 1 aliphatic rings. The summed E-state index contributed by atoms with van der Waals surface area (Å²) in [4.78, 5) is 6.77. The fourth-order valence-electron chi connectivity index (χ4n) is 3.65. The molecule has 0 radical (unpaired) electrons. The molecule has 1 fully saturated rings. The summed E-state index contributed by atoms with van der Waals surface area (Å²) in [6.07, 6.45) is 0. The molecule has 0 unspecified atom stereocenters. The molecule has 9 heteroatoms. The Labute approximate surface area is 191 Å². The van der Waals surface area contributed by atoms with E-state index < -0.39 is 0 Å². The van der Waals surface area contributed by atoms with Gasteiger partial charge in [-0.05, 0) is 48.5 Å². The summed E-state index contributed by atoms with van der Waals surface area (Å²) in [5, 5.41) is 7.82. The zero-order chi connectivity index (χ0) is 22.5. The van der Waals surface area contributed by atoms with Crippen molar-refractivity contribution in [2.75, 3.05) is 41.9 Å². The monoisotopic (exact) mass is 443 g/mol. The number of nitrogens with one attached hydrogen (secondary N) is 2. The molecule has 5 rings (SSSR count). The van der Waals surface area contributed by atoms with E-state index in [1.165, 1.54) is 5.69 Å². The highest BCUT2D eigenvalue weighted by Crippen LogP contribution is 2.26. The molecule has 4 N–H and O–H groups in total. The van der Waals surface area contributed by atoms with E-state index in [2.05, 4.69) is 37.9 Å². The second kappa shape index (κ2) is 9.60. The van der Waals surface area contributed by atoms with Gasteiger partial charge in [0.2, 0.25) is 11.9 Å². The minimum absolute atomic E-state index is 0.402. The predicted molar refractivity (Wildman–Crippen MR) is 128 cm³/mol. The summed E-state index contributed by atoms with van der Waals surface area (Å²) in [7, 11) is 0. The van der Waals surface area contributed by atoms with Gasteiger partial charge in [0.05, 0.1) is 18.9 Å². The molecule has 168 valence electrons. The number of nitrogen functional groups attached to an aromatic ring is 1. The first kappa shape index (κ1) is 20.8. The molecule has 9 nitrogen and oxygen atoms in total. The van der Waals surface area contributed by atoms with Crippen LogP contribution in [0.1, 0.15) is 0 Å². The molecular weight excluding hydrogens is 418 g/mol. The summed E-state index contributed by atoms with van der Waals surface area (Å²) in [5.74, 6) is 7.98. The lowest BCUT2D eigenvalue weighted by atomic mass is 10.2. The molecule has 0 atom stereocenters. The first-order valence-electron chi connectivity index (χ1n) is 10.8. The van der Waals surface area contributed by atoms with Crippen molar-refractivity contribution in [2.24, 2.45) is 5.84 Å². The predicted octanol–water partition coefficient (Wildman–Crippen LogP) is 3.93. The van der Waals surface area contributed by atoms with Crippen molar-refractivity contribution >= 4 is 23.3 Å². The highest BCUT2D eigenvalue weighted by molar-refractivity contribution is 5.60. The molecule has 3 aromatic carbocycles. The molecule has 1 saturated heterocycles. The minimum Gasteiger partial charge on any atom is -0.457 e. The van der Waals surface area contributed by atoms with Gasteiger partial charge in [-0.25, -0.2) is 5.84 Å². The number of para-hydroxylation sites is 1. The van der Waals surface area contributed by atoms with E-state index in [1.54, 1.807) is 4.68 Å². The SMILES string of the molecule is NNc1nc(Nc2ccc(N3CCOCC3)cc2)nn1-c1cccc(Oc2ccccc2)c1. The van der Waals surface area contributed by atoms with Crippen molar-refractivity contribution in [3.05, 3.63) is 78.9 Å². The van der Waals surface area contributed by atoms with Gasteiger partial charge in [-0.15, -0.1) is 5.10 Å². The molecule has 0 bridgehead atoms. The highest BCUT2D eigenvalue weighted by Gasteiger charge is 2.14. The minimum atomic E-state index is 0.402. The van der Waals surface area contributed by atoms with Gasteiger partial charge in [0.15, 0.2) is 0 Å². The Kier molecular flexibility index (Phi) is 6.05. The lowest BCUT2D eigenvalue weighted by molar-refractivity contribution is 0.122. The van der Waals surface area contributed by atoms with Crippen LogP contribution in [0.2, 0.25) is 0 Å². The van der Waals surface area contributed by atoms with Gasteiger partial charge < -0.3 is 19.7 Å². The Hall–Kier alpha value is -4.08. The number of anilines is 4. The maximum atomic E-state index is 5.94. The van der Waals surface area contributed by atoms with E-state index in [4.69, 9.17) is 15.3 Å². The topological polar surface area (TPSA) is 102 Å². The van der Waals surface area contributed by atoms with Crippen LogP contribution in [0.25, 0.3) is 5.69 Å². The summed E-state index contributed by atoms with van der Waals surface area (Å²) in [5.41, 5.74) is 5.43.